The highest BCUT2D eigenvalue weighted by Gasteiger charge is 2.17. The molecule has 0 aliphatic carbocycles. The van der Waals surface area contributed by atoms with Gasteiger partial charge in [-0.1, -0.05) is 48.5 Å². The zero-order valence-electron chi connectivity index (χ0n) is 15.6. The van der Waals surface area contributed by atoms with Crippen molar-refractivity contribution in [3.63, 3.8) is 0 Å². The molecule has 0 unspecified atom stereocenters. The van der Waals surface area contributed by atoms with E-state index in [9.17, 15) is 9.59 Å². The van der Waals surface area contributed by atoms with Crippen LogP contribution in [0.4, 0.5) is 10.8 Å². The Bertz CT molecular complexity index is 999. The highest BCUT2D eigenvalue weighted by atomic mass is 32.1. The summed E-state index contributed by atoms with van der Waals surface area (Å²) in [6.45, 7) is 0.289. The van der Waals surface area contributed by atoms with E-state index in [4.69, 9.17) is 5.26 Å². The quantitative estimate of drug-likeness (QED) is 0.613. The van der Waals surface area contributed by atoms with Gasteiger partial charge >= 0.3 is 0 Å². The van der Waals surface area contributed by atoms with Gasteiger partial charge in [0.1, 0.15) is 0 Å². The van der Waals surface area contributed by atoms with Crippen LogP contribution in [0.5, 0.6) is 0 Å². The summed E-state index contributed by atoms with van der Waals surface area (Å²) in [7, 11) is 0. The molecule has 0 aliphatic heterocycles. The van der Waals surface area contributed by atoms with Crippen LogP contribution < -0.4 is 10.2 Å². The zero-order valence-corrected chi connectivity index (χ0v) is 16.4. The number of amides is 2. The molecular weight excluding hydrogens is 386 g/mol. The van der Waals surface area contributed by atoms with Crippen LogP contribution in [0.2, 0.25) is 0 Å². The van der Waals surface area contributed by atoms with E-state index in [1.54, 1.807) is 0 Å². The van der Waals surface area contributed by atoms with Gasteiger partial charge in [-0.05, 0) is 12.1 Å². The highest BCUT2D eigenvalue weighted by Crippen LogP contribution is 2.21. The van der Waals surface area contributed by atoms with Crippen molar-refractivity contribution in [2.75, 3.05) is 16.8 Å². The van der Waals surface area contributed by atoms with E-state index in [1.807, 2.05) is 66.7 Å². The summed E-state index contributed by atoms with van der Waals surface area (Å²) in [4.78, 5) is 30.7. The number of carbonyl (C=O) groups excluding carboxylic acids is 2. The summed E-state index contributed by atoms with van der Waals surface area (Å²) < 4.78 is 4.25. The lowest BCUT2D eigenvalue weighted by Gasteiger charge is -2.21. The summed E-state index contributed by atoms with van der Waals surface area (Å²) in [6.07, 6.45) is 0.283. The Kier molecular flexibility index (Phi) is 7.03. The van der Waals surface area contributed by atoms with E-state index in [0.29, 0.717) is 16.6 Å². The SMILES string of the molecule is N#CCCN(C(=O)CCC(=O)Nc1nc(-c2ccccc2)ns1)c1ccccc1. The van der Waals surface area contributed by atoms with E-state index in [2.05, 4.69) is 14.7 Å². The van der Waals surface area contributed by atoms with Gasteiger partial charge in [0, 0.05) is 42.2 Å². The molecule has 1 aromatic heterocycles. The van der Waals surface area contributed by atoms with Crippen molar-refractivity contribution < 1.29 is 9.59 Å². The second-order valence-electron chi connectivity index (χ2n) is 6.13. The molecule has 0 atom stereocenters. The van der Waals surface area contributed by atoms with Crippen molar-refractivity contribution >= 4 is 34.2 Å². The van der Waals surface area contributed by atoms with Crippen molar-refractivity contribution in [2.24, 2.45) is 0 Å². The molecule has 0 spiro atoms. The van der Waals surface area contributed by atoms with Crippen molar-refractivity contribution in [1.82, 2.24) is 9.36 Å². The molecule has 0 fully saturated rings. The predicted octanol–water partition coefficient (Wildman–Crippen LogP) is 3.87. The van der Waals surface area contributed by atoms with Gasteiger partial charge in [0.15, 0.2) is 5.82 Å². The Hall–Kier alpha value is -3.57. The van der Waals surface area contributed by atoms with E-state index in [-0.39, 0.29) is 37.6 Å². The number of aromatic nitrogens is 2. The van der Waals surface area contributed by atoms with Gasteiger partial charge in [-0.15, -0.1) is 0 Å². The number of hydrogen-bond donors (Lipinski definition) is 1. The summed E-state index contributed by atoms with van der Waals surface area (Å²) >= 11 is 1.10. The molecule has 3 rings (SSSR count). The van der Waals surface area contributed by atoms with Gasteiger partial charge in [0.05, 0.1) is 12.5 Å². The maximum Gasteiger partial charge on any atom is 0.227 e. The molecule has 0 aliphatic rings. The van der Waals surface area contributed by atoms with Crippen LogP contribution in [-0.4, -0.2) is 27.7 Å². The topological polar surface area (TPSA) is 99.0 Å². The van der Waals surface area contributed by atoms with Gasteiger partial charge in [0.2, 0.25) is 16.9 Å². The fourth-order valence-electron chi connectivity index (χ4n) is 2.68. The summed E-state index contributed by atoms with van der Waals surface area (Å²) in [6, 6.07) is 20.7. The standard InChI is InChI=1S/C21H19N5O2S/c22-14-7-15-26(17-10-5-2-6-11-17)19(28)13-12-18(27)23-21-24-20(25-29-21)16-8-3-1-4-9-16/h1-6,8-11H,7,12-13,15H2,(H,23,24,25,27). The maximum absolute atomic E-state index is 12.6. The number of carbonyl (C=O) groups is 2. The van der Waals surface area contributed by atoms with Gasteiger partial charge in [-0.25, -0.2) is 0 Å². The second kappa shape index (κ2) is 10.1. The lowest BCUT2D eigenvalue weighted by atomic mass is 10.2. The Labute approximate surface area is 172 Å². The third-order valence-electron chi connectivity index (χ3n) is 4.09. The Morgan fingerprint density at radius 1 is 1.03 bits per heavy atom. The minimum absolute atomic E-state index is 0.0228. The summed E-state index contributed by atoms with van der Waals surface area (Å²) in [5.41, 5.74) is 1.58. The number of para-hydroxylation sites is 1. The normalized spacial score (nSPS) is 10.2. The lowest BCUT2D eigenvalue weighted by molar-refractivity contribution is -0.122. The number of rotatable bonds is 8. The van der Waals surface area contributed by atoms with E-state index in [1.165, 1.54) is 4.90 Å². The lowest BCUT2D eigenvalue weighted by Crippen LogP contribution is -2.32. The summed E-state index contributed by atoms with van der Waals surface area (Å²) in [5, 5.41) is 11.9. The molecule has 29 heavy (non-hydrogen) atoms. The number of nitrogens with zero attached hydrogens (tertiary/aromatic N) is 4. The Morgan fingerprint density at radius 2 is 1.72 bits per heavy atom. The molecule has 0 radical (unpaired) electrons. The average molecular weight is 405 g/mol. The summed E-state index contributed by atoms with van der Waals surface area (Å²) in [5.74, 6) is 0.0416. The monoisotopic (exact) mass is 405 g/mol. The molecule has 0 saturated heterocycles. The van der Waals surface area contributed by atoms with Crippen LogP contribution in [0.15, 0.2) is 60.7 Å². The number of nitrogens with one attached hydrogen (secondary N) is 1. The van der Waals surface area contributed by atoms with Crippen molar-refractivity contribution in [3.05, 3.63) is 60.7 Å². The van der Waals surface area contributed by atoms with Crippen LogP contribution in [0.25, 0.3) is 11.4 Å². The molecule has 146 valence electrons. The van der Waals surface area contributed by atoms with Crippen LogP contribution in [0.1, 0.15) is 19.3 Å². The van der Waals surface area contributed by atoms with Crippen molar-refractivity contribution in [2.45, 2.75) is 19.3 Å². The first kappa shape index (κ1) is 20.2. The van der Waals surface area contributed by atoms with E-state index < -0.39 is 0 Å². The average Bonchev–Trinajstić information content (AvgIpc) is 3.22. The third-order valence-corrected chi connectivity index (χ3v) is 4.72. The number of hydrogen-bond acceptors (Lipinski definition) is 6. The minimum Gasteiger partial charge on any atom is -0.311 e. The molecule has 0 saturated carbocycles. The molecular formula is C21H19N5O2S. The first-order valence-corrected chi connectivity index (χ1v) is 9.86. The van der Waals surface area contributed by atoms with Crippen LogP contribution in [0, 0.1) is 11.3 Å². The largest absolute Gasteiger partial charge is 0.311 e. The van der Waals surface area contributed by atoms with E-state index >= 15 is 0 Å². The molecule has 1 heterocycles. The molecule has 1 N–H and O–H groups in total. The molecule has 2 amide bonds. The van der Waals surface area contributed by atoms with Crippen molar-refractivity contribution in [1.29, 1.82) is 5.26 Å². The molecule has 3 aromatic rings. The van der Waals surface area contributed by atoms with Gasteiger partial charge in [-0.3, -0.25) is 9.59 Å². The van der Waals surface area contributed by atoms with Crippen LogP contribution in [-0.2, 0) is 9.59 Å². The van der Waals surface area contributed by atoms with E-state index in [0.717, 1.165) is 17.1 Å². The fourth-order valence-corrected chi connectivity index (χ4v) is 3.29. The fraction of sp³-hybridized carbons (Fsp3) is 0.190. The molecule has 2 aromatic carbocycles. The third kappa shape index (κ3) is 5.70. The zero-order chi connectivity index (χ0) is 20.5. The number of benzene rings is 2. The van der Waals surface area contributed by atoms with Gasteiger partial charge in [-0.2, -0.15) is 14.6 Å². The van der Waals surface area contributed by atoms with Gasteiger partial charge < -0.3 is 10.2 Å². The second-order valence-corrected chi connectivity index (χ2v) is 6.88. The van der Waals surface area contributed by atoms with Crippen LogP contribution in [0.3, 0.4) is 0 Å². The first-order chi connectivity index (χ1) is 14.2. The number of nitriles is 1. The molecule has 7 nitrogen and oxygen atoms in total. The van der Waals surface area contributed by atoms with Gasteiger partial charge in [0.25, 0.3) is 0 Å². The number of anilines is 2. The first-order valence-electron chi connectivity index (χ1n) is 9.08. The highest BCUT2D eigenvalue weighted by molar-refractivity contribution is 7.10. The maximum atomic E-state index is 12.6. The molecule has 0 bridgehead atoms. The van der Waals surface area contributed by atoms with Crippen LogP contribution >= 0.6 is 11.5 Å². The minimum atomic E-state index is -0.303. The smallest absolute Gasteiger partial charge is 0.227 e. The predicted molar refractivity (Wildman–Crippen MR) is 112 cm³/mol. The van der Waals surface area contributed by atoms with Crippen molar-refractivity contribution in [3.8, 4) is 17.5 Å². The Balaban J connectivity index is 1.56. The molecule has 8 heteroatoms. The Morgan fingerprint density at radius 3 is 2.41 bits per heavy atom.